The Morgan fingerprint density at radius 2 is 1.92 bits per heavy atom. The number of rotatable bonds is 6. The van der Waals surface area contributed by atoms with Crippen molar-refractivity contribution in [2.24, 2.45) is 0 Å². The van der Waals surface area contributed by atoms with Crippen LogP contribution in [0.25, 0.3) is 0 Å². The third-order valence-corrected chi connectivity index (χ3v) is 3.59. The first-order chi connectivity index (χ1) is 12.4. The predicted octanol–water partition coefficient (Wildman–Crippen LogP) is 2.94. The van der Waals surface area contributed by atoms with Gasteiger partial charge in [-0.3, -0.25) is 10.1 Å². The molecule has 0 aliphatic carbocycles. The molecule has 0 radical (unpaired) electrons. The SMILES string of the molecule is COc1c(Cl)cc(C(=O)O)cc1NC(=S)NC(=O)COc1ccccc1. The molecule has 2 rings (SSSR count). The molecule has 0 heterocycles. The molecule has 0 aromatic heterocycles. The lowest BCUT2D eigenvalue weighted by atomic mass is 10.2. The van der Waals surface area contributed by atoms with Crippen LogP contribution in [0.5, 0.6) is 11.5 Å². The number of hydrogen-bond acceptors (Lipinski definition) is 5. The zero-order valence-corrected chi connectivity index (χ0v) is 15.2. The standard InChI is InChI=1S/C17H15ClN2O5S/c1-24-15-12(18)7-10(16(22)23)8-13(15)19-17(26)20-14(21)9-25-11-5-3-2-4-6-11/h2-8H,9H2,1H3,(H,22,23)(H2,19,20,21,26). The molecule has 0 bridgehead atoms. The van der Waals surface area contributed by atoms with Crippen LogP contribution < -0.4 is 20.1 Å². The summed E-state index contributed by atoms with van der Waals surface area (Å²) in [6.07, 6.45) is 0. The van der Waals surface area contributed by atoms with Crippen LogP contribution in [-0.4, -0.2) is 35.8 Å². The van der Waals surface area contributed by atoms with Crippen LogP contribution >= 0.6 is 23.8 Å². The van der Waals surface area contributed by atoms with Crippen LogP contribution in [0.1, 0.15) is 10.4 Å². The Morgan fingerprint density at radius 1 is 1.23 bits per heavy atom. The summed E-state index contributed by atoms with van der Waals surface area (Å²) >= 11 is 11.1. The lowest BCUT2D eigenvalue weighted by Gasteiger charge is -2.15. The van der Waals surface area contributed by atoms with E-state index in [1.165, 1.54) is 19.2 Å². The topological polar surface area (TPSA) is 96.9 Å². The number of anilines is 1. The van der Waals surface area contributed by atoms with E-state index in [1.807, 2.05) is 6.07 Å². The zero-order valence-electron chi connectivity index (χ0n) is 13.6. The van der Waals surface area contributed by atoms with Crippen molar-refractivity contribution in [3.63, 3.8) is 0 Å². The van der Waals surface area contributed by atoms with E-state index in [0.717, 1.165) is 0 Å². The van der Waals surface area contributed by atoms with Gasteiger partial charge in [0.2, 0.25) is 0 Å². The second-order valence-electron chi connectivity index (χ2n) is 4.95. The van der Waals surface area contributed by atoms with Crippen molar-refractivity contribution in [1.29, 1.82) is 0 Å². The number of carbonyl (C=O) groups is 2. The highest BCUT2D eigenvalue weighted by Crippen LogP contribution is 2.34. The van der Waals surface area contributed by atoms with E-state index in [9.17, 15) is 9.59 Å². The smallest absolute Gasteiger partial charge is 0.335 e. The third kappa shape index (κ3) is 5.33. The minimum Gasteiger partial charge on any atom is -0.493 e. The number of benzene rings is 2. The van der Waals surface area contributed by atoms with Gasteiger partial charge in [0.15, 0.2) is 17.5 Å². The fraction of sp³-hybridized carbons (Fsp3) is 0.118. The normalized spacial score (nSPS) is 9.92. The monoisotopic (exact) mass is 394 g/mol. The second-order valence-corrected chi connectivity index (χ2v) is 5.76. The lowest BCUT2D eigenvalue weighted by molar-refractivity contribution is -0.121. The summed E-state index contributed by atoms with van der Waals surface area (Å²) in [6, 6.07) is 11.4. The number of carboxylic acid groups (broad SMARTS) is 1. The maximum Gasteiger partial charge on any atom is 0.335 e. The molecule has 0 aliphatic rings. The van der Waals surface area contributed by atoms with E-state index in [4.69, 9.17) is 38.4 Å². The Morgan fingerprint density at radius 3 is 2.54 bits per heavy atom. The molecule has 0 aliphatic heterocycles. The molecular formula is C17H15ClN2O5S. The Labute approximate surface area is 159 Å². The van der Waals surface area contributed by atoms with Gasteiger partial charge < -0.3 is 19.9 Å². The first-order valence-electron chi connectivity index (χ1n) is 7.30. The summed E-state index contributed by atoms with van der Waals surface area (Å²) in [7, 11) is 1.38. The quantitative estimate of drug-likeness (QED) is 0.648. The lowest BCUT2D eigenvalue weighted by Crippen LogP contribution is -2.37. The number of carboxylic acids is 1. The number of halogens is 1. The number of ether oxygens (including phenoxy) is 2. The third-order valence-electron chi connectivity index (χ3n) is 3.11. The average molecular weight is 395 g/mol. The van der Waals surface area contributed by atoms with Gasteiger partial charge in [0, 0.05) is 0 Å². The van der Waals surface area contributed by atoms with Crippen LogP contribution in [0.4, 0.5) is 5.69 Å². The van der Waals surface area contributed by atoms with Gasteiger partial charge in [-0.05, 0) is 36.5 Å². The Balaban J connectivity index is 2.00. The molecule has 136 valence electrons. The molecule has 0 fully saturated rings. The molecule has 0 saturated heterocycles. The number of aromatic carboxylic acids is 1. The molecule has 0 atom stereocenters. The summed E-state index contributed by atoms with van der Waals surface area (Å²) in [5.74, 6) is -0.896. The molecule has 26 heavy (non-hydrogen) atoms. The minimum atomic E-state index is -1.16. The first kappa shape index (κ1) is 19.5. The molecule has 9 heteroatoms. The fourth-order valence-electron chi connectivity index (χ4n) is 2.00. The predicted molar refractivity (Wildman–Crippen MR) is 101 cm³/mol. The number of thiocarbonyl (C=S) groups is 1. The second kappa shape index (κ2) is 9.02. The van der Waals surface area contributed by atoms with Gasteiger partial charge in [0.25, 0.3) is 5.91 Å². The van der Waals surface area contributed by atoms with Crippen molar-refractivity contribution in [1.82, 2.24) is 5.32 Å². The van der Waals surface area contributed by atoms with Crippen LogP contribution in [0.2, 0.25) is 5.02 Å². The van der Waals surface area contributed by atoms with Crippen molar-refractivity contribution >= 4 is 46.5 Å². The minimum absolute atomic E-state index is 0.0523. The highest BCUT2D eigenvalue weighted by Gasteiger charge is 2.15. The Hall–Kier alpha value is -2.84. The maximum absolute atomic E-state index is 11.9. The van der Waals surface area contributed by atoms with Crippen molar-refractivity contribution in [3.05, 3.63) is 53.1 Å². The van der Waals surface area contributed by atoms with Crippen molar-refractivity contribution in [3.8, 4) is 11.5 Å². The first-order valence-corrected chi connectivity index (χ1v) is 8.09. The molecule has 3 N–H and O–H groups in total. The summed E-state index contributed by atoms with van der Waals surface area (Å²) in [5, 5.41) is 14.3. The van der Waals surface area contributed by atoms with E-state index in [2.05, 4.69) is 10.6 Å². The van der Waals surface area contributed by atoms with Gasteiger partial charge in [-0.15, -0.1) is 0 Å². The van der Waals surface area contributed by atoms with Gasteiger partial charge in [-0.2, -0.15) is 0 Å². The molecule has 0 unspecified atom stereocenters. The molecule has 7 nitrogen and oxygen atoms in total. The highest BCUT2D eigenvalue weighted by molar-refractivity contribution is 7.80. The van der Waals surface area contributed by atoms with Crippen LogP contribution in [0.3, 0.4) is 0 Å². The van der Waals surface area contributed by atoms with Crippen LogP contribution in [0.15, 0.2) is 42.5 Å². The van der Waals surface area contributed by atoms with Gasteiger partial charge in [0.1, 0.15) is 5.75 Å². The summed E-state index contributed by atoms with van der Waals surface area (Å²) in [4.78, 5) is 23.0. The zero-order chi connectivity index (χ0) is 19.1. The van der Waals surface area contributed by atoms with E-state index in [1.54, 1.807) is 24.3 Å². The van der Waals surface area contributed by atoms with E-state index < -0.39 is 11.9 Å². The van der Waals surface area contributed by atoms with Crippen molar-refractivity contribution < 1.29 is 24.2 Å². The van der Waals surface area contributed by atoms with Crippen LogP contribution in [-0.2, 0) is 4.79 Å². The Bertz CT molecular complexity index is 829. The van der Waals surface area contributed by atoms with E-state index in [-0.39, 0.29) is 33.7 Å². The molecule has 1 amide bonds. The molecule has 2 aromatic rings. The van der Waals surface area contributed by atoms with E-state index in [0.29, 0.717) is 5.75 Å². The maximum atomic E-state index is 11.9. The molecule has 0 saturated carbocycles. The number of hydrogen-bond donors (Lipinski definition) is 3. The Kier molecular flexibility index (Phi) is 6.76. The summed E-state index contributed by atoms with van der Waals surface area (Å²) < 4.78 is 10.4. The average Bonchev–Trinajstić information content (AvgIpc) is 2.60. The summed E-state index contributed by atoms with van der Waals surface area (Å²) in [5.41, 5.74) is 0.159. The molecule has 0 spiro atoms. The largest absolute Gasteiger partial charge is 0.493 e. The molecular weight excluding hydrogens is 380 g/mol. The summed E-state index contributed by atoms with van der Waals surface area (Å²) in [6.45, 7) is -0.237. The molecule has 2 aromatic carbocycles. The van der Waals surface area contributed by atoms with Crippen molar-refractivity contribution in [2.75, 3.05) is 19.0 Å². The van der Waals surface area contributed by atoms with Gasteiger partial charge in [-0.25, -0.2) is 4.79 Å². The number of nitrogens with one attached hydrogen (secondary N) is 2. The van der Waals surface area contributed by atoms with Gasteiger partial charge in [0.05, 0.1) is 23.4 Å². The number of amides is 1. The number of carbonyl (C=O) groups excluding carboxylic acids is 1. The van der Waals surface area contributed by atoms with Crippen molar-refractivity contribution in [2.45, 2.75) is 0 Å². The van der Waals surface area contributed by atoms with Crippen LogP contribution in [0, 0.1) is 0 Å². The van der Waals surface area contributed by atoms with Gasteiger partial charge >= 0.3 is 5.97 Å². The van der Waals surface area contributed by atoms with E-state index >= 15 is 0 Å². The number of para-hydroxylation sites is 1. The highest BCUT2D eigenvalue weighted by atomic mass is 35.5. The number of methoxy groups -OCH3 is 1. The van der Waals surface area contributed by atoms with Gasteiger partial charge in [-0.1, -0.05) is 29.8 Å². The fourth-order valence-corrected chi connectivity index (χ4v) is 2.52.